The molecule has 0 saturated carbocycles. The summed E-state index contributed by atoms with van der Waals surface area (Å²) in [5.41, 5.74) is -0.230. The molecule has 6 nitrogen and oxygen atoms in total. The van der Waals surface area contributed by atoms with E-state index in [2.05, 4.69) is 5.32 Å². The first kappa shape index (κ1) is 13.5. The molecule has 0 bridgehead atoms. The van der Waals surface area contributed by atoms with E-state index in [9.17, 15) is 18.0 Å². The van der Waals surface area contributed by atoms with Crippen LogP contribution in [0.2, 0.25) is 0 Å². The quantitative estimate of drug-likeness (QED) is 0.810. The lowest BCUT2D eigenvalue weighted by Crippen LogP contribution is -2.08. The van der Waals surface area contributed by atoms with Gasteiger partial charge in [0.1, 0.15) is 0 Å². The second-order valence-corrected chi connectivity index (χ2v) is 5.74. The molecule has 0 heterocycles. The van der Waals surface area contributed by atoms with Gasteiger partial charge in [-0.1, -0.05) is 0 Å². The molecular weight excluding hydrogens is 270 g/mol. The van der Waals surface area contributed by atoms with Gasteiger partial charge in [0.25, 0.3) is 9.05 Å². The molecule has 0 unspecified atom stereocenters. The summed E-state index contributed by atoms with van der Waals surface area (Å²) in [4.78, 5) is 21.2. The van der Waals surface area contributed by atoms with Crippen molar-refractivity contribution >= 4 is 37.3 Å². The van der Waals surface area contributed by atoms with Crippen LogP contribution in [0.1, 0.15) is 17.3 Å². The molecule has 0 aliphatic heterocycles. The number of carbonyl (C=O) groups is 2. The topological polar surface area (TPSA) is 101 Å². The third-order valence-electron chi connectivity index (χ3n) is 1.76. The second-order valence-electron chi connectivity index (χ2n) is 3.17. The molecule has 0 spiro atoms. The minimum absolute atomic E-state index is 0.0524. The maximum Gasteiger partial charge on any atom is 0.335 e. The Morgan fingerprint density at radius 2 is 1.88 bits per heavy atom. The summed E-state index contributed by atoms with van der Waals surface area (Å²) < 4.78 is 22.2. The summed E-state index contributed by atoms with van der Waals surface area (Å²) in [5.74, 6) is -1.77. The summed E-state index contributed by atoms with van der Waals surface area (Å²) in [6, 6.07) is 3.13. The number of benzene rings is 1. The Morgan fingerprint density at radius 3 is 2.29 bits per heavy atom. The Hall–Kier alpha value is -1.60. The van der Waals surface area contributed by atoms with Crippen molar-refractivity contribution in [1.29, 1.82) is 0 Å². The molecule has 0 fully saturated rings. The van der Waals surface area contributed by atoms with Crippen LogP contribution in [0, 0.1) is 0 Å². The van der Waals surface area contributed by atoms with E-state index >= 15 is 0 Å². The van der Waals surface area contributed by atoms with Crippen LogP contribution >= 0.6 is 10.7 Å². The maximum absolute atomic E-state index is 11.1. The van der Waals surface area contributed by atoms with Crippen molar-refractivity contribution < 1.29 is 23.1 Å². The van der Waals surface area contributed by atoms with Crippen LogP contribution in [0.4, 0.5) is 5.69 Å². The molecule has 2 N–H and O–H groups in total. The maximum atomic E-state index is 11.1. The van der Waals surface area contributed by atoms with E-state index < -0.39 is 20.9 Å². The van der Waals surface area contributed by atoms with Crippen LogP contribution in [0.5, 0.6) is 0 Å². The second kappa shape index (κ2) is 4.72. The van der Waals surface area contributed by atoms with Crippen LogP contribution < -0.4 is 5.32 Å². The highest BCUT2D eigenvalue weighted by Crippen LogP contribution is 2.22. The van der Waals surface area contributed by atoms with Crippen LogP contribution in [-0.2, 0) is 13.8 Å². The Kier molecular flexibility index (Phi) is 3.74. The first-order valence-corrected chi connectivity index (χ1v) is 6.62. The SMILES string of the molecule is CC(=O)Nc1cc(C(=O)O)cc(S(=O)(=O)Cl)c1. The summed E-state index contributed by atoms with van der Waals surface area (Å²) in [6.07, 6.45) is 0. The van der Waals surface area contributed by atoms with Crippen molar-refractivity contribution in [3.8, 4) is 0 Å². The largest absolute Gasteiger partial charge is 0.478 e. The monoisotopic (exact) mass is 277 g/mol. The highest BCUT2D eigenvalue weighted by molar-refractivity contribution is 8.13. The zero-order valence-corrected chi connectivity index (χ0v) is 10.2. The molecule has 8 heteroatoms. The Balaban J connectivity index is 3.39. The molecule has 1 aromatic carbocycles. The predicted molar refractivity (Wildman–Crippen MR) is 60.7 cm³/mol. The summed E-state index contributed by atoms with van der Waals surface area (Å²) in [5, 5.41) is 11.1. The van der Waals surface area contributed by atoms with E-state index in [4.69, 9.17) is 15.8 Å². The summed E-state index contributed by atoms with van der Waals surface area (Å²) in [7, 11) is 1.05. The number of nitrogens with one attached hydrogen (secondary N) is 1. The number of hydrogen-bond acceptors (Lipinski definition) is 4. The van der Waals surface area contributed by atoms with Gasteiger partial charge in [-0.25, -0.2) is 13.2 Å². The Bertz CT molecular complexity index is 581. The van der Waals surface area contributed by atoms with E-state index in [1.165, 1.54) is 6.92 Å². The fraction of sp³-hybridized carbons (Fsp3) is 0.111. The fourth-order valence-electron chi connectivity index (χ4n) is 1.14. The number of carboxylic acid groups (broad SMARTS) is 1. The smallest absolute Gasteiger partial charge is 0.335 e. The van der Waals surface area contributed by atoms with Gasteiger partial charge in [-0.3, -0.25) is 4.79 Å². The van der Waals surface area contributed by atoms with Crippen molar-refractivity contribution in [2.45, 2.75) is 11.8 Å². The highest BCUT2D eigenvalue weighted by Gasteiger charge is 2.15. The number of anilines is 1. The molecule has 92 valence electrons. The van der Waals surface area contributed by atoms with Crippen LogP contribution in [-0.4, -0.2) is 25.4 Å². The summed E-state index contributed by atoms with van der Waals surface area (Å²) in [6.45, 7) is 1.21. The molecule has 0 saturated heterocycles. The zero-order valence-electron chi connectivity index (χ0n) is 8.60. The standard InChI is InChI=1S/C9H8ClNO5S/c1-5(12)11-7-2-6(9(13)14)3-8(4-7)17(10,15)16/h2-4H,1H3,(H,11,12)(H,13,14). The van der Waals surface area contributed by atoms with Crippen LogP contribution in [0.15, 0.2) is 23.1 Å². The number of hydrogen-bond donors (Lipinski definition) is 2. The van der Waals surface area contributed by atoms with Crippen LogP contribution in [0.3, 0.4) is 0 Å². The fourth-order valence-corrected chi connectivity index (χ4v) is 1.94. The van der Waals surface area contributed by atoms with Crippen LogP contribution in [0.25, 0.3) is 0 Å². The minimum atomic E-state index is -4.06. The van der Waals surface area contributed by atoms with E-state index in [1.54, 1.807) is 0 Å². The predicted octanol–water partition coefficient (Wildman–Crippen LogP) is 1.27. The number of carboxylic acids is 1. The lowest BCUT2D eigenvalue weighted by Gasteiger charge is -2.06. The normalized spacial score (nSPS) is 10.9. The minimum Gasteiger partial charge on any atom is -0.478 e. The van der Waals surface area contributed by atoms with Gasteiger partial charge in [-0.15, -0.1) is 0 Å². The number of aromatic carboxylic acids is 1. The van der Waals surface area contributed by atoms with Crippen molar-refractivity contribution in [3.05, 3.63) is 23.8 Å². The van der Waals surface area contributed by atoms with Gasteiger partial charge in [-0.2, -0.15) is 0 Å². The van der Waals surface area contributed by atoms with Gasteiger partial charge in [0.2, 0.25) is 5.91 Å². The van der Waals surface area contributed by atoms with Gasteiger partial charge in [0.05, 0.1) is 10.5 Å². The van der Waals surface area contributed by atoms with E-state index in [0.29, 0.717) is 0 Å². The van der Waals surface area contributed by atoms with Crippen molar-refractivity contribution in [3.63, 3.8) is 0 Å². The third kappa shape index (κ3) is 3.72. The van der Waals surface area contributed by atoms with Gasteiger partial charge >= 0.3 is 5.97 Å². The molecular formula is C9H8ClNO5S. The molecule has 1 aromatic rings. The first-order valence-electron chi connectivity index (χ1n) is 4.31. The highest BCUT2D eigenvalue weighted by atomic mass is 35.7. The molecule has 0 aliphatic carbocycles. The molecule has 1 amide bonds. The third-order valence-corrected chi connectivity index (χ3v) is 3.09. The van der Waals surface area contributed by atoms with E-state index in [-0.39, 0.29) is 16.1 Å². The summed E-state index contributed by atoms with van der Waals surface area (Å²) >= 11 is 0. The Labute approximate surface area is 102 Å². The number of rotatable bonds is 3. The van der Waals surface area contributed by atoms with Gasteiger partial charge < -0.3 is 10.4 Å². The number of carbonyl (C=O) groups excluding carboxylic acids is 1. The molecule has 0 radical (unpaired) electrons. The van der Waals surface area contributed by atoms with Gasteiger partial charge in [-0.05, 0) is 18.2 Å². The number of halogens is 1. The average molecular weight is 278 g/mol. The Morgan fingerprint density at radius 1 is 1.29 bits per heavy atom. The lowest BCUT2D eigenvalue weighted by molar-refractivity contribution is -0.114. The van der Waals surface area contributed by atoms with Gasteiger partial charge in [0.15, 0.2) is 0 Å². The first-order chi connectivity index (χ1) is 7.70. The van der Waals surface area contributed by atoms with E-state index in [1.807, 2.05) is 0 Å². The van der Waals surface area contributed by atoms with E-state index in [0.717, 1.165) is 18.2 Å². The molecule has 17 heavy (non-hydrogen) atoms. The van der Waals surface area contributed by atoms with Gasteiger partial charge in [0, 0.05) is 23.3 Å². The molecule has 1 rings (SSSR count). The molecule has 0 aromatic heterocycles. The average Bonchev–Trinajstić information content (AvgIpc) is 2.14. The molecule has 0 atom stereocenters. The van der Waals surface area contributed by atoms with Crippen molar-refractivity contribution in [2.24, 2.45) is 0 Å². The van der Waals surface area contributed by atoms with Crippen molar-refractivity contribution in [1.82, 2.24) is 0 Å². The number of amides is 1. The zero-order chi connectivity index (χ0) is 13.2. The molecule has 0 aliphatic rings. The van der Waals surface area contributed by atoms with Crippen molar-refractivity contribution in [2.75, 3.05) is 5.32 Å². The lowest BCUT2D eigenvalue weighted by atomic mass is 10.2.